The van der Waals surface area contributed by atoms with Gasteiger partial charge in [0.1, 0.15) is 5.15 Å². The molecule has 0 aliphatic heterocycles. The molecule has 3 aromatic rings. The molecule has 0 aliphatic rings. The van der Waals surface area contributed by atoms with E-state index in [1.807, 2.05) is 48.5 Å². The third-order valence-corrected chi connectivity index (χ3v) is 3.48. The first-order valence-corrected chi connectivity index (χ1v) is 6.32. The van der Waals surface area contributed by atoms with E-state index in [0.717, 1.165) is 21.1 Å². The van der Waals surface area contributed by atoms with E-state index < -0.39 is 0 Å². The third-order valence-electron chi connectivity index (χ3n) is 2.59. The number of halogens is 2. The van der Waals surface area contributed by atoms with Crippen LogP contribution in [-0.2, 0) is 0 Å². The van der Waals surface area contributed by atoms with E-state index in [1.165, 1.54) is 0 Å². The predicted octanol–water partition coefficient (Wildman–Crippen LogP) is 4.44. The van der Waals surface area contributed by atoms with Crippen LogP contribution in [0.15, 0.2) is 53.0 Å². The van der Waals surface area contributed by atoms with Crippen LogP contribution in [0.5, 0.6) is 0 Å². The molecule has 0 atom stereocenters. The fourth-order valence-corrected chi connectivity index (χ4v) is 2.31. The van der Waals surface area contributed by atoms with Crippen molar-refractivity contribution < 1.29 is 0 Å². The summed E-state index contributed by atoms with van der Waals surface area (Å²) in [6.07, 6.45) is 0. The molecule has 0 saturated carbocycles. The molecule has 84 valence electrons. The summed E-state index contributed by atoms with van der Waals surface area (Å²) in [4.78, 5) is 0. The van der Waals surface area contributed by atoms with Crippen molar-refractivity contribution in [3.05, 3.63) is 58.2 Å². The highest BCUT2D eigenvalue weighted by Crippen LogP contribution is 2.26. The third kappa shape index (κ3) is 1.85. The molecule has 0 fully saturated rings. The lowest BCUT2D eigenvalue weighted by atomic mass is 10.3. The van der Waals surface area contributed by atoms with Crippen molar-refractivity contribution >= 4 is 38.4 Å². The molecule has 0 radical (unpaired) electrons. The van der Waals surface area contributed by atoms with E-state index in [1.54, 1.807) is 4.68 Å². The highest BCUT2D eigenvalue weighted by atomic mass is 79.9. The summed E-state index contributed by atoms with van der Waals surface area (Å²) in [6.45, 7) is 0. The summed E-state index contributed by atoms with van der Waals surface area (Å²) in [7, 11) is 0. The van der Waals surface area contributed by atoms with Crippen LogP contribution in [0.2, 0.25) is 5.15 Å². The van der Waals surface area contributed by atoms with Crippen LogP contribution in [0.4, 0.5) is 0 Å². The maximum Gasteiger partial charge on any atom is 0.140 e. The van der Waals surface area contributed by atoms with Gasteiger partial charge in [-0.3, -0.25) is 0 Å². The predicted molar refractivity (Wildman–Crippen MR) is 73.8 cm³/mol. The largest absolute Gasteiger partial charge is 0.221 e. The maximum absolute atomic E-state index is 6.32. The average Bonchev–Trinajstić information content (AvgIpc) is 2.69. The average molecular weight is 308 g/mol. The summed E-state index contributed by atoms with van der Waals surface area (Å²) in [5.74, 6) is 0. The second-order valence-electron chi connectivity index (χ2n) is 3.70. The van der Waals surface area contributed by atoms with Gasteiger partial charge in [-0.15, -0.1) is 0 Å². The molecular weight excluding hydrogens is 300 g/mol. The fraction of sp³-hybridized carbons (Fsp3) is 0. The Morgan fingerprint density at radius 1 is 1.00 bits per heavy atom. The monoisotopic (exact) mass is 306 g/mol. The minimum absolute atomic E-state index is 0.642. The lowest BCUT2D eigenvalue weighted by Crippen LogP contribution is -1.95. The van der Waals surface area contributed by atoms with Crippen molar-refractivity contribution in [3.8, 4) is 5.69 Å². The molecule has 1 heterocycles. The smallest absolute Gasteiger partial charge is 0.140 e. The zero-order valence-electron chi connectivity index (χ0n) is 8.77. The van der Waals surface area contributed by atoms with Crippen LogP contribution < -0.4 is 0 Å². The van der Waals surface area contributed by atoms with Crippen LogP contribution in [0, 0.1) is 0 Å². The van der Waals surface area contributed by atoms with Gasteiger partial charge in [0.15, 0.2) is 0 Å². The minimum Gasteiger partial charge on any atom is -0.221 e. The van der Waals surface area contributed by atoms with E-state index in [0.29, 0.717) is 5.15 Å². The van der Waals surface area contributed by atoms with Crippen molar-refractivity contribution in [1.82, 2.24) is 9.78 Å². The Labute approximate surface area is 112 Å². The van der Waals surface area contributed by atoms with Gasteiger partial charge in [-0.05, 0) is 36.4 Å². The molecule has 0 bridgehead atoms. The molecule has 1 aromatic heterocycles. The molecule has 0 amide bonds. The van der Waals surface area contributed by atoms with Crippen LogP contribution in [0.25, 0.3) is 16.6 Å². The molecule has 0 unspecified atom stereocenters. The van der Waals surface area contributed by atoms with Crippen molar-refractivity contribution in [2.75, 3.05) is 0 Å². The molecule has 3 rings (SSSR count). The number of nitrogens with zero attached hydrogens (tertiary/aromatic N) is 2. The van der Waals surface area contributed by atoms with Gasteiger partial charge in [-0.1, -0.05) is 39.7 Å². The molecule has 0 aliphatic carbocycles. The fourth-order valence-electron chi connectivity index (χ4n) is 1.75. The lowest BCUT2D eigenvalue weighted by molar-refractivity contribution is 0.897. The summed E-state index contributed by atoms with van der Waals surface area (Å²) in [5, 5.41) is 6.09. The summed E-state index contributed by atoms with van der Waals surface area (Å²) in [6, 6.07) is 15.7. The summed E-state index contributed by atoms with van der Waals surface area (Å²) >= 11 is 9.73. The van der Waals surface area contributed by atoms with Gasteiger partial charge < -0.3 is 0 Å². The summed E-state index contributed by atoms with van der Waals surface area (Å²) < 4.78 is 2.78. The lowest BCUT2D eigenvalue weighted by Gasteiger charge is -2.02. The molecule has 17 heavy (non-hydrogen) atoms. The standard InChI is InChI=1S/C13H8BrClN2/c14-9-5-7-10(8-6-9)17-13(15)11-3-1-2-4-12(11)16-17/h1-8H. The topological polar surface area (TPSA) is 17.8 Å². The van der Waals surface area contributed by atoms with E-state index in [-0.39, 0.29) is 0 Å². The van der Waals surface area contributed by atoms with Gasteiger partial charge in [0.05, 0.1) is 11.2 Å². The molecule has 4 heteroatoms. The molecule has 0 saturated heterocycles. The number of hydrogen-bond acceptors (Lipinski definition) is 1. The molecule has 2 aromatic carbocycles. The van der Waals surface area contributed by atoms with Crippen LogP contribution in [0.3, 0.4) is 0 Å². The normalized spacial score (nSPS) is 10.9. The highest BCUT2D eigenvalue weighted by Gasteiger charge is 2.09. The zero-order valence-corrected chi connectivity index (χ0v) is 11.1. The second-order valence-corrected chi connectivity index (χ2v) is 4.97. The Bertz CT molecular complexity index is 673. The van der Waals surface area contributed by atoms with Gasteiger partial charge in [0.25, 0.3) is 0 Å². The Balaban J connectivity index is 2.24. The Kier molecular flexibility index (Phi) is 2.65. The molecule has 0 N–H and O–H groups in total. The van der Waals surface area contributed by atoms with Crippen LogP contribution in [0.1, 0.15) is 0 Å². The maximum atomic E-state index is 6.32. The second kappa shape index (κ2) is 4.17. The van der Waals surface area contributed by atoms with Crippen LogP contribution in [-0.4, -0.2) is 9.78 Å². The van der Waals surface area contributed by atoms with Crippen molar-refractivity contribution in [3.63, 3.8) is 0 Å². The highest BCUT2D eigenvalue weighted by molar-refractivity contribution is 9.10. The number of fused-ring (bicyclic) bond motifs is 1. The van der Waals surface area contributed by atoms with Crippen molar-refractivity contribution in [2.24, 2.45) is 0 Å². The molecule has 2 nitrogen and oxygen atoms in total. The van der Waals surface area contributed by atoms with Crippen LogP contribution >= 0.6 is 27.5 Å². The minimum atomic E-state index is 0.642. The first-order chi connectivity index (χ1) is 8.25. The first-order valence-electron chi connectivity index (χ1n) is 5.15. The Morgan fingerprint density at radius 2 is 1.71 bits per heavy atom. The van der Waals surface area contributed by atoms with Crippen molar-refractivity contribution in [2.45, 2.75) is 0 Å². The van der Waals surface area contributed by atoms with E-state index in [9.17, 15) is 0 Å². The van der Waals surface area contributed by atoms with E-state index in [2.05, 4.69) is 21.0 Å². The molecular formula is C13H8BrClN2. The van der Waals surface area contributed by atoms with Crippen molar-refractivity contribution in [1.29, 1.82) is 0 Å². The number of benzene rings is 2. The molecule has 0 spiro atoms. The van der Waals surface area contributed by atoms with Gasteiger partial charge in [0.2, 0.25) is 0 Å². The number of rotatable bonds is 1. The number of aromatic nitrogens is 2. The zero-order chi connectivity index (χ0) is 11.8. The van der Waals surface area contributed by atoms with Gasteiger partial charge in [-0.25, -0.2) is 4.68 Å². The quantitative estimate of drug-likeness (QED) is 0.650. The SMILES string of the molecule is Clc1c2ccccc2nn1-c1ccc(Br)cc1. The first kappa shape index (κ1) is 10.8. The van der Waals surface area contributed by atoms with Gasteiger partial charge in [-0.2, -0.15) is 5.10 Å². The number of hydrogen-bond donors (Lipinski definition) is 0. The van der Waals surface area contributed by atoms with Gasteiger partial charge >= 0.3 is 0 Å². The van der Waals surface area contributed by atoms with Gasteiger partial charge in [0, 0.05) is 9.86 Å². The Hall–Kier alpha value is -1.32. The van der Waals surface area contributed by atoms with E-state index in [4.69, 9.17) is 11.6 Å². The summed E-state index contributed by atoms with van der Waals surface area (Å²) in [5.41, 5.74) is 1.86. The Morgan fingerprint density at radius 3 is 2.41 bits per heavy atom. The van der Waals surface area contributed by atoms with E-state index >= 15 is 0 Å².